The van der Waals surface area contributed by atoms with Gasteiger partial charge in [-0.1, -0.05) is 36.4 Å². The Morgan fingerprint density at radius 3 is 2.48 bits per heavy atom. The summed E-state index contributed by atoms with van der Waals surface area (Å²) < 4.78 is 0. The monoisotopic (exact) mass is 418 g/mol. The van der Waals surface area contributed by atoms with Crippen LogP contribution in [0.25, 0.3) is 0 Å². The van der Waals surface area contributed by atoms with Crippen LogP contribution in [-0.2, 0) is 9.59 Å². The maximum atomic E-state index is 13.0. The van der Waals surface area contributed by atoms with Crippen molar-refractivity contribution in [3.63, 3.8) is 0 Å². The third kappa shape index (κ3) is 3.87. The predicted molar refractivity (Wildman–Crippen MR) is 116 cm³/mol. The number of likely N-dealkylation sites (tertiary alicyclic amines) is 1. The van der Waals surface area contributed by atoms with Crippen LogP contribution < -0.4 is 10.6 Å². The predicted octanol–water partition coefficient (Wildman–Crippen LogP) is 2.18. The summed E-state index contributed by atoms with van der Waals surface area (Å²) in [6, 6.07) is 16.9. The van der Waals surface area contributed by atoms with Crippen LogP contribution >= 0.6 is 0 Å². The Balaban J connectivity index is 1.19. The average Bonchev–Trinajstić information content (AvgIpc) is 3.45. The van der Waals surface area contributed by atoms with Crippen LogP contribution in [0.2, 0.25) is 0 Å². The van der Waals surface area contributed by atoms with Crippen molar-refractivity contribution >= 4 is 23.4 Å². The molecule has 31 heavy (non-hydrogen) atoms. The number of anilines is 1. The fourth-order valence-corrected chi connectivity index (χ4v) is 4.58. The quantitative estimate of drug-likeness (QED) is 0.753. The first-order valence-corrected chi connectivity index (χ1v) is 10.9. The van der Waals surface area contributed by atoms with Crippen molar-refractivity contribution in [3.8, 4) is 0 Å². The highest BCUT2D eigenvalue weighted by Crippen LogP contribution is 2.41. The number of hydrogen-bond donors (Lipinski definition) is 2. The van der Waals surface area contributed by atoms with E-state index in [1.165, 1.54) is 0 Å². The number of rotatable bonds is 6. The number of amides is 3. The molecule has 0 spiro atoms. The average molecular weight is 418 g/mol. The molecule has 2 unspecified atom stereocenters. The molecule has 5 rings (SSSR count). The Morgan fingerprint density at radius 1 is 0.968 bits per heavy atom. The summed E-state index contributed by atoms with van der Waals surface area (Å²) in [5.41, 5.74) is 2.37. The Morgan fingerprint density at radius 2 is 1.71 bits per heavy atom. The van der Waals surface area contributed by atoms with E-state index in [2.05, 4.69) is 10.6 Å². The van der Waals surface area contributed by atoms with Crippen LogP contribution in [0.1, 0.15) is 41.2 Å². The van der Waals surface area contributed by atoms with Gasteiger partial charge in [0.1, 0.15) is 6.04 Å². The second kappa shape index (κ2) is 8.06. The molecule has 1 saturated carbocycles. The minimum absolute atomic E-state index is 0.0533. The summed E-state index contributed by atoms with van der Waals surface area (Å²) in [4.78, 5) is 42.0. The highest BCUT2D eigenvalue weighted by molar-refractivity contribution is 6.05. The molecule has 3 amide bonds. The molecule has 0 bridgehead atoms. The van der Waals surface area contributed by atoms with E-state index in [-0.39, 0.29) is 36.3 Å². The first-order valence-electron chi connectivity index (χ1n) is 10.9. The maximum absolute atomic E-state index is 13.0. The van der Waals surface area contributed by atoms with Crippen LogP contribution in [0.5, 0.6) is 0 Å². The molecule has 0 aromatic heterocycles. The molecule has 2 aromatic rings. The molecule has 2 heterocycles. The minimum Gasteiger partial charge on any atom is -0.380 e. The van der Waals surface area contributed by atoms with Crippen LogP contribution in [0, 0.1) is 0 Å². The highest BCUT2D eigenvalue weighted by atomic mass is 16.2. The molecule has 2 aliphatic heterocycles. The lowest BCUT2D eigenvalue weighted by atomic mass is 10.0. The minimum atomic E-state index is -0.643. The van der Waals surface area contributed by atoms with Gasteiger partial charge < -0.3 is 20.4 Å². The zero-order valence-corrected chi connectivity index (χ0v) is 17.3. The van der Waals surface area contributed by atoms with Crippen LogP contribution in [0.4, 0.5) is 5.69 Å². The van der Waals surface area contributed by atoms with E-state index in [4.69, 9.17) is 0 Å². The van der Waals surface area contributed by atoms with Gasteiger partial charge in [-0.05, 0) is 43.0 Å². The lowest BCUT2D eigenvalue weighted by Crippen LogP contribution is -2.44. The summed E-state index contributed by atoms with van der Waals surface area (Å²) in [5, 5.41) is 6.25. The van der Waals surface area contributed by atoms with Crippen molar-refractivity contribution in [2.24, 2.45) is 0 Å². The number of benzene rings is 2. The molecule has 7 nitrogen and oxygen atoms in total. The normalized spacial score (nSPS) is 22.4. The van der Waals surface area contributed by atoms with E-state index < -0.39 is 6.04 Å². The molecule has 7 heteroatoms. The topological polar surface area (TPSA) is 81.8 Å². The number of para-hydroxylation sites is 1. The van der Waals surface area contributed by atoms with E-state index in [9.17, 15) is 14.4 Å². The molecule has 2 fully saturated rings. The number of fused-ring (bicyclic) bond motifs is 1. The van der Waals surface area contributed by atoms with Crippen molar-refractivity contribution in [1.29, 1.82) is 0 Å². The molecule has 2 aromatic carbocycles. The van der Waals surface area contributed by atoms with Crippen LogP contribution in [-0.4, -0.2) is 59.2 Å². The van der Waals surface area contributed by atoms with Crippen molar-refractivity contribution in [1.82, 2.24) is 15.1 Å². The lowest BCUT2D eigenvalue weighted by Gasteiger charge is -2.25. The third-order valence-electron chi connectivity index (χ3n) is 6.29. The molecular weight excluding hydrogens is 392 g/mol. The van der Waals surface area contributed by atoms with Gasteiger partial charge in [0, 0.05) is 36.4 Å². The van der Waals surface area contributed by atoms with Crippen LogP contribution in [0.3, 0.4) is 0 Å². The van der Waals surface area contributed by atoms with E-state index in [0.717, 1.165) is 30.5 Å². The van der Waals surface area contributed by atoms with Crippen molar-refractivity contribution in [2.45, 2.75) is 37.4 Å². The van der Waals surface area contributed by atoms with Gasteiger partial charge in [0.2, 0.25) is 11.8 Å². The second-order valence-electron chi connectivity index (χ2n) is 8.49. The molecule has 1 aliphatic carbocycles. The van der Waals surface area contributed by atoms with Gasteiger partial charge in [-0.3, -0.25) is 14.4 Å². The van der Waals surface area contributed by atoms with Gasteiger partial charge in [-0.25, -0.2) is 0 Å². The van der Waals surface area contributed by atoms with Crippen LogP contribution in [0.15, 0.2) is 54.6 Å². The third-order valence-corrected chi connectivity index (χ3v) is 6.29. The maximum Gasteiger partial charge on any atom is 0.255 e. The number of nitrogens with zero attached hydrogens (tertiary/aromatic N) is 2. The molecule has 3 aliphatic rings. The Kier molecular flexibility index (Phi) is 5.10. The Labute approximate surface area is 181 Å². The smallest absolute Gasteiger partial charge is 0.255 e. The molecule has 2 atom stereocenters. The summed E-state index contributed by atoms with van der Waals surface area (Å²) in [7, 11) is 0. The standard InChI is InChI=1S/C24H26N4O3/c29-21(27-13-12-17(15-27)26-16-6-2-1-3-7-16)14-25-23(30)22-19-8-4-5-9-20(19)24(31)28(22)18-10-11-18/h1-9,17-18,22,26H,10-15H2,(H,25,30). The summed E-state index contributed by atoms with van der Waals surface area (Å²) in [6.07, 6.45) is 2.71. The summed E-state index contributed by atoms with van der Waals surface area (Å²) in [6.45, 7) is 1.23. The van der Waals surface area contributed by atoms with E-state index in [1.54, 1.807) is 15.9 Å². The zero-order valence-electron chi connectivity index (χ0n) is 17.3. The van der Waals surface area contributed by atoms with Gasteiger partial charge in [0.05, 0.1) is 6.54 Å². The Hall–Kier alpha value is -3.35. The SMILES string of the molecule is O=C(NCC(=O)N1CCC(Nc2ccccc2)C1)C1c2ccccc2C(=O)N1C1CC1. The van der Waals surface area contributed by atoms with Gasteiger partial charge in [0.25, 0.3) is 5.91 Å². The zero-order chi connectivity index (χ0) is 21.4. The van der Waals surface area contributed by atoms with Crippen molar-refractivity contribution in [3.05, 3.63) is 65.7 Å². The number of hydrogen-bond acceptors (Lipinski definition) is 4. The van der Waals surface area contributed by atoms with E-state index >= 15 is 0 Å². The lowest BCUT2D eigenvalue weighted by molar-refractivity contribution is -0.133. The molecular formula is C24H26N4O3. The first kappa shape index (κ1) is 19.6. The fraction of sp³-hybridized carbons (Fsp3) is 0.375. The number of nitrogens with one attached hydrogen (secondary N) is 2. The van der Waals surface area contributed by atoms with E-state index in [1.807, 2.05) is 48.5 Å². The molecule has 0 radical (unpaired) electrons. The fourth-order valence-electron chi connectivity index (χ4n) is 4.58. The number of carbonyl (C=O) groups excluding carboxylic acids is 3. The van der Waals surface area contributed by atoms with E-state index in [0.29, 0.717) is 18.7 Å². The largest absolute Gasteiger partial charge is 0.380 e. The second-order valence-corrected chi connectivity index (χ2v) is 8.49. The van der Waals surface area contributed by atoms with Crippen molar-refractivity contribution in [2.75, 3.05) is 25.0 Å². The van der Waals surface area contributed by atoms with Crippen molar-refractivity contribution < 1.29 is 14.4 Å². The van der Waals surface area contributed by atoms with Gasteiger partial charge >= 0.3 is 0 Å². The Bertz CT molecular complexity index is 1000. The van der Waals surface area contributed by atoms with Gasteiger partial charge in [-0.15, -0.1) is 0 Å². The van der Waals surface area contributed by atoms with Gasteiger partial charge in [-0.2, -0.15) is 0 Å². The summed E-state index contributed by atoms with van der Waals surface area (Å²) in [5.74, 6) is -0.461. The highest BCUT2D eigenvalue weighted by Gasteiger charge is 2.47. The molecule has 2 N–H and O–H groups in total. The van der Waals surface area contributed by atoms with Gasteiger partial charge in [0.15, 0.2) is 0 Å². The summed E-state index contributed by atoms with van der Waals surface area (Å²) >= 11 is 0. The molecule has 1 saturated heterocycles. The number of carbonyl (C=O) groups is 3. The first-order chi connectivity index (χ1) is 15.1. The molecule has 160 valence electrons.